The zero-order valence-electron chi connectivity index (χ0n) is 19.5. The van der Waals surface area contributed by atoms with Crippen molar-refractivity contribution >= 4 is 36.5 Å². The fraction of sp³-hybridized carbons (Fsp3) is 0.333. The molecular weight excluding hydrogens is 482 g/mol. The average Bonchev–Trinajstić information content (AvgIpc) is 2.77. The Labute approximate surface area is 202 Å². The van der Waals surface area contributed by atoms with E-state index in [-0.39, 0.29) is 29.7 Å². The third kappa shape index (κ3) is 6.02. The Morgan fingerprint density at radius 2 is 1.85 bits per heavy atom. The Morgan fingerprint density at radius 1 is 1.18 bits per heavy atom. The molecule has 1 aromatic heterocycles. The van der Waals surface area contributed by atoms with Crippen molar-refractivity contribution in [3.05, 3.63) is 74.5 Å². The molecule has 34 heavy (non-hydrogen) atoms. The third-order valence-electron chi connectivity index (χ3n) is 5.25. The number of aromatic nitrogens is 1. The van der Waals surface area contributed by atoms with Crippen molar-refractivity contribution in [1.29, 1.82) is 0 Å². The van der Waals surface area contributed by atoms with E-state index in [1.165, 1.54) is 10.8 Å². The van der Waals surface area contributed by atoms with E-state index in [1.54, 1.807) is 24.3 Å². The molecule has 0 aliphatic heterocycles. The van der Waals surface area contributed by atoms with Gasteiger partial charge in [-0.1, -0.05) is 43.4 Å². The van der Waals surface area contributed by atoms with Crippen molar-refractivity contribution in [2.24, 2.45) is 0 Å². The first-order chi connectivity index (χ1) is 16.0. The maximum Gasteiger partial charge on any atom is 0.257 e. The van der Waals surface area contributed by atoms with Crippen molar-refractivity contribution in [3.8, 4) is 5.75 Å². The molecule has 0 atom stereocenters. The number of fused-ring (bicyclic) bond motifs is 1. The van der Waals surface area contributed by atoms with Crippen molar-refractivity contribution in [3.63, 3.8) is 0 Å². The smallest absolute Gasteiger partial charge is 0.257 e. The summed E-state index contributed by atoms with van der Waals surface area (Å²) in [5.74, 6) is -3.34. The molecule has 6 nitrogen and oxygen atoms in total. The van der Waals surface area contributed by atoms with Crippen LogP contribution in [0.15, 0.2) is 41.3 Å². The Morgan fingerprint density at radius 3 is 2.47 bits per heavy atom. The monoisotopic (exact) mass is 508 g/mol. The molecule has 1 amide bonds. The van der Waals surface area contributed by atoms with Gasteiger partial charge in [-0.3, -0.25) is 9.59 Å². The highest BCUT2D eigenvalue weighted by Gasteiger charge is 2.23. The van der Waals surface area contributed by atoms with Crippen LogP contribution in [0.3, 0.4) is 0 Å². The lowest BCUT2D eigenvalue weighted by atomic mass is 10.1. The molecule has 0 unspecified atom stereocenters. The first-order valence-electron chi connectivity index (χ1n) is 10.7. The highest BCUT2D eigenvalue weighted by molar-refractivity contribution is 6.76. The fourth-order valence-electron chi connectivity index (χ4n) is 3.34. The molecule has 2 aromatic carbocycles. The maximum atomic E-state index is 15.1. The number of hydrogen-bond donors (Lipinski definition) is 1. The van der Waals surface area contributed by atoms with Gasteiger partial charge in [0.2, 0.25) is 5.43 Å². The first kappa shape index (κ1) is 25.9. The predicted molar refractivity (Wildman–Crippen MR) is 131 cm³/mol. The van der Waals surface area contributed by atoms with Crippen LogP contribution in [0.1, 0.15) is 15.9 Å². The molecular formula is C24H27ClF2N2O4Si. The van der Waals surface area contributed by atoms with Crippen LogP contribution in [-0.4, -0.2) is 32.3 Å². The van der Waals surface area contributed by atoms with Gasteiger partial charge in [-0.25, -0.2) is 8.78 Å². The highest BCUT2D eigenvalue weighted by Crippen LogP contribution is 2.28. The zero-order valence-corrected chi connectivity index (χ0v) is 21.3. The summed E-state index contributed by atoms with van der Waals surface area (Å²) in [6.07, 6.45) is 1.23. The number of benzene rings is 2. The van der Waals surface area contributed by atoms with E-state index in [4.69, 9.17) is 21.1 Å². The summed E-state index contributed by atoms with van der Waals surface area (Å²) in [5.41, 5.74) is -0.456. The molecule has 0 aliphatic carbocycles. The number of halogens is 3. The van der Waals surface area contributed by atoms with Crippen LogP contribution >= 0.6 is 11.6 Å². The molecule has 182 valence electrons. The lowest BCUT2D eigenvalue weighted by Gasteiger charge is -2.18. The third-order valence-corrected chi connectivity index (χ3v) is 7.21. The minimum absolute atomic E-state index is 0.121. The minimum atomic E-state index is -1.37. The summed E-state index contributed by atoms with van der Waals surface area (Å²) in [6.45, 7) is 7.04. The molecule has 0 saturated carbocycles. The second kappa shape index (κ2) is 10.7. The van der Waals surface area contributed by atoms with E-state index in [0.29, 0.717) is 11.6 Å². The van der Waals surface area contributed by atoms with Crippen molar-refractivity contribution in [2.45, 2.75) is 39.0 Å². The number of carbonyl (C=O) groups excluding carboxylic acids is 1. The van der Waals surface area contributed by atoms with Gasteiger partial charge >= 0.3 is 0 Å². The van der Waals surface area contributed by atoms with Crippen LogP contribution in [-0.2, 0) is 18.0 Å². The summed E-state index contributed by atoms with van der Waals surface area (Å²) in [7, 11) is -0.229. The van der Waals surface area contributed by atoms with E-state index >= 15 is 4.39 Å². The summed E-state index contributed by atoms with van der Waals surface area (Å²) in [4.78, 5) is 25.9. The van der Waals surface area contributed by atoms with Crippen LogP contribution in [0.25, 0.3) is 10.9 Å². The summed E-state index contributed by atoms with van der Waals surface area (Å²) in [5, 5.41) is 2.95. The summed E-state index contributed by atoms with van der Waals surface area (Å²) < 4.78 is 41.4. The number of rotatable bonds is 9. The predicted octanol–water partition coefficient (Wildman–Crippen LogP) is 5.18. The molecule has 0 radical (unpaired) electrons. The van der Waals surface area contributed by atoms with E-state index < -0.39 is 36.8 Å². The van der Waals surface area contributed by atoms with Gasteiger partial charge in [0.05, 0.1) is 18.0 Å². The number of hydrogen-bond acceptors (Lipinski definition) is 4. The standard InChI is InChI=1S/C24H27ClF2N2O4Si/c1-32-23-19(26)11-17-21(20(23)27)29(14-33-9-10-34(2,3)4)13-18(22(17)30)24(31)28-12-15-5-7-16(25)8-6-15/h5-8,11,13H,9-10,12,14H2,1-4H3,(H,28,31). The van der Waals surface area contributed by atoms with Crippen LogP contribution in [0, 0.1) is 11.6 Å². The van der Waals surface area contributed by atoms with Crippen molar-refractivity contribution < 1.29 is 23.0 Å². The lowest BCUT2D eigenvalue weighted by Crippen LogP contribution is -2.30. The quantitative estimate of drug-likeness (QED) is 0.319. The Hall–Kier alpha value is -2.75. The maximum absolute atomic E-state index is 15.1. The van der Waals surface area contributed by atoms with Crippen LogP contribution in [0.5, 0.6) is 5.75 Å². The number of methoxy groups -OCH3 is 1. The average molecular weight is 509 g/mol. The first-order valence-corrected chi connectivity index (χ1v) is 14.8. The molecule has 10 heteroatoms. The van der Waals surface area contributed by atoms with Gasteiger partial charge in [0.15, 0.2) is 17.4 Å². The van der Waals surface area contributed by atoms with Gasteiger partial charge < -0.3 is 19.4 Å². The second-order valence-corrected chi connectivity index (χ2v) is 15.2. The fourth-order valence-corrected chi connectivity index (χ4v) is 4.22. The SMILES string of the molecule is COc1c(F)cc2c(=O)c(C(=O)NCc3ccc(Cl)cc3)cn(COCC[Si](C)(C)C)c2c1F. The van der Waals surface area contributed by atoms with Crippen LogP contribution in [0.4, 0.5) is 8.78 Å². The molecule has 0 bridgehead atoms. The molecule has 0 spiro atoms. The Kier molecular flexibility index (Phi) is 8.11. The molecule has 0 aliphatic rings. The van der Waals surface area contributed by atoms with E-state index in [9.17, 15) is 14.0 Å². The minimum Gasteiger partial charge on any atom is -0.491 e. The van der Waals surface area contributed by atoms with Gasteiger partial charge in [-0.05, 0) is 29.8 Å². The summed E-state index contributed by atoms with van der Waals surface area (Å²) in [6, 6.07) is 8.61. The Balaban J connectivity index is 1.99. The zero-order chi connectivity index (χ0) is 25.0. The molecule has 1 N–H and O–H groups in total. The van der Waals surface area contributed by atoms with Gasteiger partial charge in [0.25, 0.3) is 5.91 Å². The normalized spacial score (nSPS) is 11.6. The van der Waals surface area contributed by atoms with Gasteiger partial charge in [0.1, 0.15) is 12.3 Å². The van der Waals surface area contributed by atoms with Crippen molar-refractivity contribution in [1.82, 2.24) is 9.88 Å². The number of amides is 1. The number of nitrogens with one attached hydrogen (secondary N) is 1. The summed E-state index contributed by atoms with van der Waals surface area (Å²) >= 11 is 5.88. The van der Waals surface area contributed by atoms with Crippen molar-refractivity contribution in [2.75, 3.05) is 13.7 Å². The largest absolute Gasteiger partial charge is 0.491 e. The topological polar surface area (TPSA) is 69.6 Å². The second-order valence-electron chi connectivity index (χ2n) is 9.10. The Bertz CT molecular complexity index is 1260. The van der Waals surface area contributed by atoms with E-state index in [1.807, 2.05) is 0 Å². The van der Waals surface area contributed by atoms with Crippen LogP contribution in [0.2, 0.25) is 30.7 Å². The van der Waals surface area contributed by atoms with Gasteiger partial charge in [0, 0.05) is 32.4 Å². The van der Waals surface area contributed by atoms with Crippen LogP contribution < -0.4 is 15.5 Å². The number of nitrogens with zero attached hydrogens (tertiary/aromatic N) is 1. The lowest BCUT2D eigenvalue weighted by molar-refractivity contribution is 0.0881. The number of carbonyl (C=O) groups is 1. The molecule has 3 aromatic rings. The van der Waals surface area contributed by atoms with E-state index in [0.717, 1.165) is 24.8 Å². The van der Waals surface area contributed by atoms with Gasteiger partial charge in [-0.2, -0.15) is 0 Å². The molecule has 1 heterocycles. The van der Waals surface area contributed by atoms with Gasteiger partial charge in [-0.15, -0.1) is 0 Å². The molecule has 3 rings (SSSR count). The highest BCUT2D eigenvalue weighted by atomic mass is 35.5. The molecule has 0 fully saturated rings. The number of ether oxygens (including phenoxy) is 2. The van der Waals surface area contributed by atoms with E-state index in [2.05, 4.69) is 25.0 Å². The molecule has 0 saturated heterocycles. The number of pyridine rings is 1.